The zero-order valence-electron chi connectivity index (χ0n) is 3.26. The standard InChI is InChI=1S/C3H2FNS2/c4-2-3(6)7-1-5-2/h1,6H. The molecule has 0 aromatic carbocycles. The summed E-state index contributed by atoms with van der Waals surface area (Å²) in [4.78, 5) is 3.29. The Hall–Kier alpha value is -0.0900. The molecule has 0 N–H and O–H groups in total. The van der Waals surface area contributed by atoms with Gasteiger partial charge in [0.1, 0.15) is 4.21 Å². The fourth-order valence-corrected chi connectivity index (χ4v) is 0.821. The quantitative estimate of drug-likeness (QED) is 0.533. The van der Waals surface area contributed by atoms with Gasteiger partial charge in [-0.2, -0.15) is 4.39 Å². The van der Waals surface area contributed by atoms with Crippen LogP contribution in [0.4, 0.5) is 4.39 Å². The first-order chi connectivity index (χ1) is 3.30. The molecular weight excluding hydrogens is 133 g/mol. The molecule has 1 rings (SSSR count). The molecule has 0 amide bonds. The van der Waals surface area contributed by atoms with Crippen molar-refractivity contribution in [1.82, 2.24) is 4.98 Å². The van der Waals surface area contributed by atoms with Crippen molar-refractivity contribution >= 4 is 24.0 Å². The second kappa shape index (κ2) is 1.79. The summed E-state index contributed by atoms with van der Waals surface area (Å²) in [5, 5.41) is 0. The van der Waals surface area contributed by atoms with Gasteiger partial charge in [-0.3, -0.25) is 0 Å². The van der Waals surface area contributed by atoms with Gasteiger partial charge in [0.25, 0.3) is 0 Å². The van der Waals surface area contributed by atoms with Crippen molar-refractivity contribution in [3.8, 4) is 0 Å². The van der Waals surface area contributed by atoms with Crippen LogP contribution in [0.15, 0.2) is 9.72 Å². The summed E-state index contributed by atoms with van der Waals surface area (Å²) in [5.74, 6) is -0.478. The SMILES string of the molecule is Fc1ncsc1S. The Bertz CT molecular complexity index is 145. The molecule has 0 radical (unpaired) electrons. The molecule has 1 aromatic heterocycles. The van der Waals surface area contributed by atoms with Gasteiger partial charge in [-0.1, -0.05) is 0 Å². The van der Waals surface area contributed by atoms with Gasteiger partial charge in [-0.25, -0.2) is 4.98 Å². The molecule has 0 bridgehead atoms. The molecule has 38 valence electrons. The van der Waals surface area contributed by atoms with Gasteiger partial charge in [0.05, 0.1) is 5.51 Å². The molecule has 4 heteroatoms. The van der Waals surface area contributed by atoms with E-state index >= 15 is 0 Å². The molecule has 0 aliphatic carbocycles. The van der Waals surface area contributed by atoms with Crippen LogP contribution < -0.4 is 0 Å². The molecule has 0 saturated carbocycles. The van der Waals surface area contributed by atoms with Crippen LogP contribution in [-0.2, 0) is 0 Å². The van der Waals surface area contributed by atoms with E-state index in [0.717, 1.165) is 0 Å². The number of hydrogen-bond donors (Lipinski definition) is 1. The number of thiol groups is 1. The number of aromatic nitrogens is 1. The lowest BCUT2D eigenvalue weighted by Crippen LogP contribution is -1.66. The molecule has 0 fully saturated rings. The minimum absolute atomic E-state index is 0.347. The highest BCUT2D eigenvalue weighted by Crippen LogP contribution is 2.14. The highest BCUT2D eigenvalue weighted by atomic mass is 32.2. The summed E-state index contributed by atoms with van der Waals surface area (Å²) in [6.07, 6.45) is 0. The van der Waals surface area contributed by atoms with Gasteiger partial charge in [0.15, 0.2) is 0 Å². The van der Waals surface area contributed by atoms with Gasteiger partial charge in [0, 0.05) is 0 Å². The Kier molecular flexibility index (Phi) is 1.30. The van der Waals surface area contributed by atoms with Crippen LogP contribution in [0.1, 0.15) is 0 Å². The Labute approximate surface area is 49.6 Å². The van der Waals surface area contributed by atoms with Crippen molar-refractivity contribution in [2.75, 3.05) is 0 Å². The molecule has 1 nitrogen and oxygen atoms in total. The number of hydrogen-bond acceptors (Lipinski definition) is 3. The molecular formula is C3H2FNS2. The van der Waals surface area contributed by atoms with Crippen molar-refractivity contribution < 1.29 is 4.39 Å². The number of rotatable bonds is 0. The van der Waals surface area contributed by atoms with Crippen LogP contribution in [0.25, 0.3) is 0 Å². The lowest BCUT2D eigenvalue weighted by molar-refractivity contribution is 0.571. The molecule has 0 spiro atoms. The molecule has 0 unspecified atom stereocenters. The third-order valence-electron chi connectivity index (χ3n) is 0.507. The van der Waals surface area contributed by atoms with E-state index in [-0.39, 0.29) is 0 Å². The van der Waals surface area contributed by atoms with E-state index in [1.54, 1.807) is 0 Å². The Morgan fingerprint density at radius 2 is 2.57 bits per heavy atom. The van der Waals surface area contributed by atoms with Crippen molar-refractivity contribution in [3.05, 3.63) is 11.5 Å². The maximum absolute atomic E-state index is 11.9. The Morgan fingerprint density at radius 1 is 1.86 bits per heavy atom. The van der Waals surface area contributed by atoms with Gasteiger partial charge in [0.2, 0.25) is 5.95 Å². The molecule has 0 saturated heterocycles. The first kappa shape index (κ1) is 5.05. The van der Waals surface area contributed by atoms with Gasteiger partial charge < -0.3 is 0 Å². The highest BCUT2D eigenvalue weighted by Gasteiger charge is 1.95. The molecule has 1 aromatic rings. The van der Waals surface area contributed by atoms with E-state index in [1.807, 2.05) is 0 Å². The van der Waals surface area contributed by atoms with Gasteiger partial charge in [-0.15, -0.1) is 24.0 Å². The maximum Gasteiger partial charge on any atom is 0.237 e. The lowest BCUT2D eigenvalue weighted by atomic mass is 10.9. The van der Waals surface area contributed by atoms with E-state index in [1.165, 1.54) is 16.8 Å². The summed E-state index contributed by atoms with van der Waals surface area (Å²) < 4.78 is 12.2. The summed E-state index contributed by atoms with van der Waals surface area (Å²) in [5.41, 5.74) is 1.41. The van der Waals surface area contributed by atoms with Crippen LogP contribution in [-0.4, -0.2) is 4.98 Å². The average Bonchev–Trinajstić information content (AvgIpc) is 1.91. The largest absolute Gasteiger partial charge is 0.237 e. The fourth-order valence-electron chi connectivity index (χ4n) is 0.226. The molecule has 7 heavy (non-hydrogen) atoms. The number of thiazole rings is 1. The van der Waals surface area contributed by atoms with Crippen LogP contribution in [0.3, 0.4) is 0 Å². The van der Waals surface area contributed by atoms with Crippen molar-refractivity contribution in [2.24, 2.45) is 0 Å². The van der Waals surface area contributed by atoms with E-state index in [4.69, 9.17) is 0 Å². The first-order valence-electron chi connectivity index (χ1n) is 1.58. The van der Waals surface area contributed by atoms with E-state index in [0.29, 0.717) is 4.21 Å². The third kappa shape index (κ3) is 0.920. The Balaban J connectivity index is 3.12. The zero-order chi connectivity index (χ0) is 5.28. The fraction of sp³-hybridized carbons (Fsp3) is 0. The molecule has 0 atom stereocenters. The van der Waals surface area contributed by atoms with E-state index in [9.17, 15) is 4.39 Å². The van der Waals surface area contributed by atoms with Crippen LogP contribution >= 0.6 is 24.0 Å². The predicted molar refractivity (Wildman–Crippen MR) is 29.3 cm³/mol. The normalized spacial score (nSPS) is 9.43. The summed E-state index contributed by atoms with van der Waals surface area (Å²) in [6.45, 7) is 0. The molecule has 1 heterocycles. The monoisotopic (exact) mass is 135 g/mol. The second-order valence-corrected chi connectivity index (χ2v) is 2.55. The minimum Gasteiger partial charge on any atom is -0.216 e. The van der Waals surface area contributed by atoms with Crippen molar-refractivity contribution in [1.29, 1.82) is 0 Å². The van der Waals surface area contributed by atoms with E-state index < -0.39 is 5.95 Å². The summed E-state index contributed by atoms with van der Waals surface area (Å²) in [7, 11) is 0. The second-order valence-electron chi connectivity index (χ2n) is 0.948. The van der Waals surface area contributed by atoms with Gasteiger partial charge >= 0.3 is 0 Å². The minimum atomic E-state index is -0.478. The smallest absolute Gasteiger partial charge is 0.216 e. The zero-order valence-corrected chi connectivity index (χ0v) is 4.97. The molecule has 0 aliphatic heterocycles. The van der Waals surface area contributed by atoms with Crippen LogP contribution in [0.2, 0.25) is 0 Å². The van der Waals surface area contributed by atoms with Crippen molar-refractivity contribution in [3.63, 3.8) is 0 Å². The molecule has 0 aliphatic rings. The van der Waals surface area contributed by atoms with Crippen molar-refractivity contribution in [2.45, 2.75) is 4.21 Å². The average molecular weight is 135 g/mol. The number of nitrogens with zero attached hydrogens (tertiary/aromatic N) is 1. The lowest BCUT2D eigenvalue weighted by Gasteiger charge is -1.71. The predicted octanol–water partition coefficient (Wildman–Crippen LogP) is 1.57. The summed E-state index contributed by atoms with van der Waals surface area (Å²) in [6, 6.07) is 0. The summed E-state index contributed by atoms with van der Waals surface area (Å²) >= 11 is 4.91. The third-order valence-corrected chi connectivity index (χ3v) is 1.61. The van der Waals surface area contributed by atoms with E-state index in [2.05, 4.69) is 17.6 Å². The topological polar surface area (TPSA) is 12.9 Å². The van der Waals surface area contributed by atoms with Crippen LogP contribution in [0, 0.1) is 5.95 Å². The number of halogens is 1. The van der Waals surface area contributed by atoms with Gasteiger partial charge in [-0.05, 0) is 0 Å². The Morgan fingerprint density at radius 3 is 2.71 bits per heavy atom. The maximum atomic E-state index is 11.9. The highest BCUT2D eigenvalue weighted by molar-refractivity contribution is 7.82. The first-order valence-corrected chi connectivity index (χ1v) is 2.91. The van der Waals surface area contributed by atoms with Crippen LogP contribution in [0.5, 0.6) is 0 Å².